The van der Waals surface area contributed by atoms with Crippen molar-refractivity contribution in [1.82, 2.24) is 0 Å². The molecule has 0 aromatic carbocycles. The third-order valence-electron chi connectivity index (χ3n) is 12.3. The Morgan fingerprint density at radius 1 is 0.372 bits per heavy atom. The average molecular weight is 1110 g/mol. The van der Waals surface area contributed by atoms with Gasteiger partial charge in [-0.15, -0.1) is 0 Å². The number of phosphoric ester groups is 1. The van der Waals surface area contributed by atoms with Gasteiger partial charge in [-0.25, -0.2) is 4.57 Å². The number of allylic oxidation sites excluding steroid dienone is 20. The fraction of sp³-hybridized carbons (Fsp3) is 0.652. The molecule has 0 heterocycles. The minimum atomic E-state index is -4.77. The van der Waals surface area contributed by atoms with Crippen LogP contribution < -0.4 is 0 Å². The summed E-state index contributed by atoms with van der Waals surface area (Å²) in [6.07, 6.45) is 73.0. The fourth-order valence-corrected chi connectivity index (χ4v) is 8.56. The van der Waals surface area contributed by atoms with Crippen molar-refractivity contribution in [3.8, 4) is 0 Å². The van der Waals surface area contributed by atoms with Gasteiger partial charge in [-0.2, -0.15) is 0 Å². The maximum atomic E-state index is 12.9. The van der Waals surface area contributed by atoms with E-state index < -0.39 is 57.8 Å². The lowest BCUT2D eigenvalue weighted by Gasteiger charge is -2.21. The molecule has 0 aliphatic carbocycles. The van der Waals surface area contributed by atoms with Crippen molar-refractivity contribution < 1.29 is 52.2 Å². The maximum Gasteiger partial charge on any atom is 0.472 e. The second-order valence-corrected chi connectivity index (χ2v) is 21.2. The van der Waals surface area contributed by atoms with Gasteiger partial charge in [0.2, 0.25) is 0 Å². The van der Waals surface area contributed by atoms with Gasteiger partial charge < -0.3 is 24.2 Å². The Kier molecular flexibility index (Phi) is 55.9. The van der Waals surface area contributed by atoms with E-state index in [4.69, 9.17) is 23.3 Å². The van der Waals surface area contributed by atoms with Gasteiger partial charge in [0.25, 0.3) is 0 Å². The zero-order chi connectivity index (χ0) is 56.9. The Morgan fingerprint density at radius 3 is 1.04 bits per heavy atom. The summed E-state index contributed by atoms with van der Waals surface area (Å²) >= 11 is 0. The number of carbonyl (C=O) groups excluding carboxylic acids is 3. The summed E-state index contributed by atoms with van der Waals surface area (Å²) in [5.74, 6) is -1.55. The molecule has 3 atom stereocenters. The monoisotopic (exact) mass is 1110 g/mol. The van der Waals surface area contributed by atoms with Crippen LogP contribution in [0.2, 0.25) is 0 Å². The van der Waals surface area contributed by atoms with E-state index in [-0.39, 0.29) is 25.9 Å². The van der Waals surface area contributed by atoms with Gasteiger partial charge in [0, 0.05) is 19.3 Å². The summed E-state index contributed by atoms with van der Waals surface area (Å²) in [7, 11) is -4.77. The Balaban J connectivity index is 4.82. The molecule has 12 heteroatoms. The van der Waals surface area contributed by atoms with Crippen molar-refractivity contribution >= 4 is 25.7 Å². The molecule has 0 spiro atoms. The molecule has 0 aromatic heterocycles. The third-order valence-corrected chi connectivity index (χ3v) is 13.3. The molecule has 78 heavy (non-hydrogen) atoms. The maximum absolute atomic E-state index is 12.9. The van der Waals surface area contributed by atoms with E-state index in [2.05, 4.69) is 142 Å². The highest BCUT2D eigenvalue weighted by Crippen LogP contribution is 2.43. The molecule has 3 unspecified atom stereocenters. The Hall–Kier alpha value is -4.12. The fourth-order valence-electron chi connectivity index (χ4n) is 7.78. The first-order valence-corrected chi connectivity index (χ1v) is 31.9. The van der Waals surface area contributed by atoms with Crippen molar-refractivity contribution in [2.45, 2.75) is 251 Å². The molecule has 0 aromatic rings. The van der Waals surface area contributed by atoms with Crippen LogP contribution in [0.4, 0.5) is 0 Å². The second kappa shape index (κ2) is 59.0. The molecule has 0 bridgehead atoms. The standard InChI is InChI=1S/C66H109O11P/c1-4-7-10-13-16-19-22-25-27-29-31-33-35-38-40-43-46-49-52-55-64(68)73-59-63(77-66(70)57-54-51-48-45-42-39-36-34-32-30-28-26-23-20-17-14-11-8-5-2)61-75-78(71,72)74-60-62(58-67)76-65(69)56-53-50-47-44-41-37-24-21-18-15-12-9-6-3/h7,9-10,12,16-21,25-28,31,33,37-38,40-41,62-63,67H,4-6,8,11,13-15,22-24,29-30,32,34-36,39,42-61H2,1-3H3,(H,71,72)/b10-7-,12-9-,19-16-,20-17-,21-18-,27-25-,28-26-,33-31-,40-38-,41-37-. The molecule has 0 fully saturated rings. The molecule has 11 nitrogen and oxygen atoms in total. The summed E-state index contributed by atoms with van der Waals surface area (Å²) in [5, 5.41) is 9.82. The number of ether oxygens (including phenoxy) is 3. The second-order valence-electron chi connectivity index (χ2n) is 19.7. The first-order valence-electron chi connectivity index (χ1n) is 30.4. The summed E-state index contributed by atoms with van der Waals surface area (Å²) in [6.45, 7) is 4.31. The highest BCUT2D eigenvalue weighted by molar-refractivity contribution is 7.47. The highest BCUT2D eigenvalue weighted by Gasteiger charge is 2.28. The predicted molar refractivity (Wildman–Crippen MR) is 325 cm³/mol. The third kappa shape index (κ3) is 56.6. The first-order chi connectivity index (χ1) is 38.2. The number of aliphatic hydroxyl groups is 1. The lowest BCUT2D eigenvalue weighted by Crippen LogP contribution is -2.30. The van der Waals surface area contributed by atoms with Crippen LogP contribution in [0.25, 0.3) is 0 Å². The van der Waals surface area contributed by atoms with E-state index in [9.17, 15) is 28.9 Å². The lowest BCUT2D eigenvalue weighted by atomic mass is 10.1. The SMILES string of the molecule is CC/C=C\C/C=C\C/C=C\C/C=C\C/C=C\CCCCCC(=O)OCC(COP(=O)(O)OCC(CO)OC(=O)CCCCC/C=C\C/C=C\C/C=C\CC)OC(=O)CCCCCCCCCCC/C=C\C/C=C\CCCCC. The van der Waals surface area contributed by atoms with Gasteiger partial charge in [0.1, 0.15) is 12.7 Å². The van der Waals surface area contributed by atoms with Crippen LogP contribution in [0.5, 0.6) is 0 Å². The van der Waals surface area contributed by atoms with Crippen LogP contribution in [0.1, 0.15) is 239 Å². The van der Waals surface area contributed by atoms with Crippen LogP contribution in [-0.2, 0) is 42.2 Å². The molecule has 0 aliphatic rings. The van der Waals surface area contributed by atoms with E-state index in [1.165, 1.54) is 51.4 Å². The Morgan fingerprint density at radius 2 is 0.667 bits per heavy atom. The van der Waals surface area contributed by atoms with E-state index in [0.717, 1.165) is 128 Å². The molecule has 0 aliphatic heterocycles. The number of hydrogen-bond acceptors (Lipinski definition) is 10. The Labute approximate surface area is 475 Å². The molecule has 0 radical (unpaired) electrons. The minimum Gasteiger partial charge on any atom is -0.462 e. The smallest absolute Gasteiger partial charge is 0.462 e. The quantitative estimate of drug-likeness (QED) is 0.0197. The number of phosphoric acid groups is 1. The van der Waals surface area contributed by atoms with E-state index in [0.29, 0.717) is 19.3 Å². The minimum absolute atomic E-state index is 0.134. The number of aliphatic hydroxyl groups excluding tert-OH is 1. The van der Waals surface area contributed by atoms with Crippen molar-refractivity contribution in [1.29, 1.82) is 0 Å². The van der Waals surface area contributed by atoms with Crippen molar-refractivity contribution in [3.05, 3.63) is 122 Å². The summed E-state index contributed by atoms with van der Waals surface area (Å²) < 4.78 is 39.5. The summed E-state index contributed by atoms with van der Waals surface area (Å²) in [4.78, 5) is 48.6. The number of esters is 3. The van der Waals surface area contributed by atoms with Gasteiger partial charge in [-0.3, -0.25) is 23.4 Å². The van der Waals surface area contributed by atoms with Crippen molar-refractivity contribution in [3.63, 3.8) is 0 Å². The topological polar surface area (TPSA) is 155 Å². The number of unbranched alkanes of at least 4 members (excludes halogenated alkanes) is 18. The molecule has 0 amide bonds. The normalized spacial score (nSPS) is 14.2. The predicted octanol–water partition coefficient (Wildman–Crippen LogP) is 18.4. The van der Waals surface area contributed by atoms with Gasteiger partial charge in [0.15, 0.2) is 6.10 Å². The van der Waals surface area contributed by atoms with Gasteiger partial charge in [0.05, 0.1) is 19.8 Å². The molecule has 2 N–H and O–H groups in total. The van der Waals surface area contributed by atoms with Gasteiger partial charge in [-0.1, -0.05) is 213 Å². The van der Waals surface area contributed by atoms with Crippen LogP contribution in [0.15, 0.2) is 122 Å². The molecule has 0 saturated carbocycles. The highest BCUT2D eigenvalue weighted by atomic mass is 31.2. The number of hydrogen-bond donors (Lipinski definition) is 2. The largest absolute Gasteiger partial charge is 0.472 e. The molecular weight excluding hydrogens is 1000 g/mol. The zero-order valence-electron chi connectivity index (χ0n) is 49.1. The molecular formula is C66H109O11P. The number of carbonyl (C=O) groups is 3. The zero-order valence-corrected chi connectivity index (χ0v) is 50.0. The van der Waals surface area contributed by atoms with Crippen LogP contribution in [0.3, 0.4) is 0 Å². The summed E-state index contributed by atoms with van der Waals surface area (Å²) in [5.41, 5.74) is 0. The summed E-state index contributed by atoms with van der Waals surface area (Å²) in [6, 6.07) is 0. The molecule has 0 rings (SSSR count). The van der Waals surface area contributed by atoms with Crippen molar-refractivity contribution in [2.75, 3.05) is 26.4 Å². The van der Waals surface area contributed by atoms with Crippen LogP contribution in [-0.4, -0.2) is 66.5 Å². The van der Waals surface area contributed by atoms with E-state index in [1.54, 1.807) is 0 Å². The molecule has 0 saturated heterocycles. The van der Waals surface area contributed by atoms with Gasteiger partial charge in [-0.05, 0) is 128 Å². The lowest BCUT2D eigenvalue weighted by molar-refractivity contribution is -0.161. The van der Waals surface area contributed by atoms with E-state index >= 15 is 0 Å². The number of rotatable bonds is 55. The van der Waals surface area contributed by atoms with Crippen molar-refractivity contribution in [2.24, 2.45) is 0 Å². The van der Waals surface area contributed by atoms with E-state index in [1.807, 2.05) is 0 Å². The average Bonchev–Trinajstić information content (AvgIpc) is 3.43. The first kappa shape index (κ1) is 73.9. The molecule has 444 valence electrons. The van der Waals surface area contributed by atoms with Crippen LogP contribution >= 0.6 is 7.82 Å². The van der Waals surface area contributed by atoms with Gasteiger partial charge >= 0.3 is 25.7 Å². The van der Waals surface area contributed by atoms with Crippen LogP contribution in [0, 0.1) is 0 Å². The Bertz CT molecular complexity index is 1770.